The van der Waals surface area contributed by atoms with Crippen molar-refractivity contribution in [2.24, 2.45) is 5.73 Å². The number of benzene rings is 2. The average Bonchev–Trinajstić information content (AvgIpc) is 3.36. The summed E-state index contributed by atoms with van der Waals surface area (Å²) in [5.41, 5.74) is 9.28. The molecular weight excluding hydrogens is 490 g/mol. The summed E-state index contributed by atoms with van der Waals surface area (Å²) in [4.78, 5) is 21.8. The second-order valence-corrected chi connectivity index (χ2v) is 9.43. The van der Waals surface area contributed by atoms with E-state index in [1.807, 2.05) is 19.1 Å². The van der Waals surface area contributed by atoms with E-state index < -0.39 is 11.6 Å². The van der Waals surface area contributed by atoms with Gasteiger partial charge in [-0.3, -0.25) is 9.20 Å². The number of carbonyl (C=O) groups excluding carboxylic acids is 1. The summed E-state index contributed by atoms with van der Waals surface area (Å²) < 4.78 is 35.6. The first-order valence-electron chi connectivity index (χ1n) is 12.7. The van der Waals surface area contributed by atoms with Gasteiger partial charge in [0.25, 0.3) is 5.91 Å². The lowest BCUT2D eigenvalue weighted by atomic mass is 9.90. The van der Waals surface area contributed by atoms with E-state index >= 15 is 0 Å². The Labute approximate surface area is 219 Å². The Balaban J connectivity index is 1.41. The third-order valence-electron chi connectivity index (χ3n) is 7.10. The summed E-state index contributed by atoms with van der Waals surface area (Å²) in [7, 11) is 1.28. The van der Waals surface area contributed by atoms with Crippen molar-refractivity contribution in [3.05, 3.63) is 71.7 Å². The monoisotopic (exact) mass is 520 g/mol. The molecule has 38 heavy (non-hydrogen) atoms. The van der Waals surface area contributed by atoms with Crippen LogP contribution in [0, 0.1) is 11.6 Å². The Kier molecular flexibility index (Phi) is 7.24. The fraction of sp³-hybridized carbons (Fsp3) is 0.321. The van der Waals surface area contributed by atoms with Crippen molar-refractivity contribution in [3.8, 4) is 17.0 Å². The van der Waals surface area contributed by atoms with Crippen molar-refractivity contribution in [2.75, 3.05) is 12.4 Å². The van der Waals surface area contributed by atoms with Gasteiger partial charge in [-0.2, -0.15) is 4.39 Å². The number of fused-ring (bicyclic) bond motifs is 1. The van der Waals surface area contributed by atoms with Gasteiger partial charge in [-0.25, -0.2) is 14.4 Å². The Bertz CT molecular complexity index is 1490. The van der Waals surface area contributed by atoms with Crippen LogP contribution >= 0.6 is 0 Å². The molecule has 0 aliphatic heterocycles. The fourth-order valence-electron chi connectivity index (χ4n) is 5.00. The lowest BCUT2D eigenvalue weighted by molar-refractivity contribution is 0.0920. The maximum atomic E-state index is 14.8. The number of aryl methyl sites for hydroxylation is 1. The summed E-state index contributed by atoms with van der Waals surface area (Å²) in [6.07, 6.45) is 9.27. The molecule has 10 heteroatoms. The van der Waals surface area contributed by atoms with Crippen LogP contribution in [0.5, 0.6) is 5.75 Å². The van der Waals surface area contributed by atoms with Gasteiger partial charge < -0.3 is 21.1 Å². The maximum absolute atomic E-state index is 14.8. The fourth-order valence-corrected chi connectivity index (χ4v) is 5.00. The number of nitrogens with zero attached hydrogens (tertiary/aromatic N) is 3. The number of methoxy groups -OCH3 is 1. The van der Waals surface area contributed by atoms with E-state index in [2.05, 4.69) is 20.6 Å². The van der Waals surface area contributed by atoms with Gasteiger partial charge in [-0.1, -0.05) is 19.8 Å². The third kappa shape index (κ3) is 4.79. The third-order valence-corrected chi connectivity index (χ3v) is 7.10. The lowest BCUT2D eigenvalue weighted by Crippen LogP contribution is -2.49. The highest BCUT2D eigenvalue weighted by molar-refractivity contribution is 5.96. The maximum Gasteiger partial charge on any atom is 0.251 e. The van der Waals surface area contributed by atoms with Crippen molar-refractivity contribution < 1.29 is 18.3 Å². The molecule has 1 saturated carbocycles. The van der Waals surface area contributed by atoms with E-state index in [4.69, 9.17) is 10.5 Å². The molecule has 2 aromatic carbocycles. The van der Waals surface area contributed by atoms with Gasteiger partial charge in [0.2, 0.25) is 5.82 Å². The molecule has 0 unspecified atom stereocenters. The minimum Gasteiger partial charge on any atom is -0.494 e. The summed E-state index contributed by atoms with van der Waals surface area (Å²) in [6.45, 7) is 1.99. The largest absolute Gasteiger partial charge is 0.494 e. The van der Waals surface area contributed by atoms with Gasteiger partial charge in [-0.15, -0.1) is 0 Å². The number of imidazole rings is 1. The van der Waals surface area contributed by atoms with Crippen LogP contribution in [0.25, 0.3) is 16.9 Å². The normalized spacial score (nSPS) is 17.4. The minimum absolute atomic E-state index is 0.0146. The van der Waals surface area contributed by atoms with Crippen LogP contribution < -0.4 is 21.1 Å². The van der Waals surface area contributed by atoms with Crippen LogP contribution in [-0.2, 0) is 6.42 Å². The number of amides is 1. The standard InChI is InChI=1S/C28H30F2N6O2/c1-3-16-14-17(8-9-18(16)28(37)35-21-7-5-4-6-20(21)31)34-26-27-33-15-22(36(27)13-12-32-26)19-10-11-23(38-2)25(30)24(19)29/h8-15,20-21H,3-7,31H2,1-2H3,(H,32,34)(H,35,37)/t20-,21+/m0/s1. The number of rotatable bonds is 7. The van der Waals surface area contributed by atoms with Crippen LogP contribution in [0.15, 0.2) is 48.9 Å². The Morgan fingerprint density at radius 1 is 1.16 bits per heavy atom. The molecule has 1 fully saturated rings. The van der Waals surface area contributed by atoms with Crippen LogP contribution in [-0.4, -0.2) is 39.5 Å². The molecule has 1 aliphatic rings. The van der Waals surface area contributed by atoms with Crippen molar-refractivity contribution in [1.82, 2.24) is 19.7 Å². The van der Waals surface area contributed by atoms with E-state index in [9.17, 15) is 13.6 Å². The predicted molar refractivity (Wildman–Crippen MR) is 142 cm³/mol. The van der Waals surface area contributed by atoms with E-state index in [0.29, 0.717) is 29.1 Å². The molecule has 0 spiro atoms. The van der Waals surface area contributed by atoms with Gasteiger partial charge >= 0.3 is 0 Å². The quantitative estimate of drug-likeness (QED) is 0.317. The van der Waals surface area contributed by atoms with E-state index in [-0.39, 0.29) is 29.3 Å². The zero-order chi connectivity index (χ0) is 26.8. The summed E-state index contributed by atoms with van der Waals surface area (Å²) in [5.74, 6) is -1.94. The summed E-state index contributed by atoms with van der Waals surface area (Å²) in [5, 5.41) is 6.36. The molecule has 8 nitrogen and oxygen atoms in total. The van der Waals surface area contributed by atoms with E-state index in [1.54, 1.807) is 22.9 Å². The van der Waals surface area contributed by atoms with Crippen molar-refractivity contribution in [3.63, 3.8) is 0 Å². The van der Waals surface area contributed by atoms with Gasteiger partial charge in [0, 0.05) is 41.3 Å². The van der Waals surface area contributed by atoms with Crippen LogP contribution in [0.3, 0.4) is 0 Å². The number of nitrogens with one attached hydrogen (secondary N) is 2. The molecule has 1 amide bonds. The molecule has 198 valence electrons. The van der Waals surface area contributed by atoms with Crippen molar-refractivity contribution in [1.29, 1.82) is 0 Å². The Morgan fingerprint density at radius 2 is 1.97 bits per heavy atom. The van der Waals surface area contributed by atoms with Crippen LogP contribution in [0.1, 0.15) is 48.5 Å². The molecule has 5 rings (SSSR count). The second kappa shape index (κ2) is 10.7. The lowest BCUT2D eigenvalue weighted by Gasteiger charge is -2.29. The molecule has 0 saturated heterocycles. The van der Waals surface area contributed by atoms with Crippen LogP contribution in [0.4, 0.5) is 20.3 Å². The first kappa shape index (κ1) is 25.6. The van der Waals surface area contributed by atoms with Crippen molar-refractivity contribution in [2.45, 2.75) is 51.1 Å². The number of ether oxygens (including phenoxy) is 1. The highest BCUT2D eigenvalue weighted by Crippen LogP contribution is 2.31. The summed E-state index contributed by atoms with van der Waals surface area (Å²) >= 11 is 0. The summed E-state index contributed by atoms with van der Waals surface area (Å²) in [6, 6.07) is 8.29. The molecule has 2 atom stereocenters. The average molecular weight is 521 g/mol. The topological polar surface area (TPSA) is 107 Å². The second-order valence-electron chi connectivity index (χ2n) is 9.43. The highest BCUT2D eigenvalue weighted by atomic mass is 19.2. The molecule has 0 radical (unpaired) electrons. The van der Waals surface area contributed by atoms with Gasteiger partial charge in [-0.05, 0) is 55.2 Å². The molecule has 1 aliphatic carbocycles. The van der Waals surface area contributed by atoms with Crippen LogP contribution in [0.2, 0.25) is 0 Å². The number of hydrogen-bond acceptors (Lipinski definition) is 6. The zero-order valence-corrected chi connectivity index (χ0v) is 21.3. The zero-order valence-electron chi connectivity index (χ0n) is 21.3. The van der Waals surface area contributed by atoms with E-state index in [1.165, 1.54) is 25.4 Å². The van der Waals surface area contributed by atoms with E-state index in [0.717, 1.165) is 36.9 Å². The SMILES string of the molecule is CCc1cc(Nc2nccn3c(-c4ccc(OC)c(F)c4F)cnc23)ccc1C(=O)N[C@@H]1CCCC[C@@H]1N. The molecule has 4 N–H and O–H groups in total. The molecule has 2 aromatic heterocycles. The first-order valence-corrected chi connectivity index (χ1v) is 12.7. The smallest absolute Gasteiger partial charge is 0.251 e. The number of aromatic nitrogens is 3. The molecule has 0 bridgehead atoms. The van der Waals surface area contributed by atoms with Gasteiger partial charge in [0.05, 0.1) is 19.0 Å². The Hall–Kier alpha value is -4.05. The molecule has 4 aromatic rings. The number of hydrogen-bond donors (Lipinski definition) is 3. The number of nitrogens with two attached hydrogens (primary N) is 1. The van der Waals surface area contributed by atoms with Gasteiger partial charge in [0.1, 0.15) is 0 Å². The minimum atomic E-state index is -1.06. The number of halogens is 2. The predicted octanol–water partition coefficient (Wildman–Crippen LogP) is 4.99. The Morgan fingerprint density at radius 3 is 2.74 bits per heavy atom. The highest BCUT2D eigenvalue weighted by Gasteiger charge is 2.25. The van der Waals surface area contributed by atoms with Gasteiger partial charge in [0.15, 0.2) is 23.0 Å². The molecular formula is C28H30F2N6O2. The number of anilines is 2. The molecule has 2 heterocycles. The van der Waals surface area contributed by atoms with Crippen molar-refractivity contribution >= 4 is 23.1 Å². The number of carbonyl (C=O) groups is 1. The first-order chi connectivity index (χ1) is 18.4.